The van der Waals surface area contributed by atoms with E-state index in [2.05, 4.69) is 16.8 Å². The highest BCUT2D eigenvalue weighted by atomic mass is 16.6. The zero-order valence-corrected chi connectivity index (χ0v) is 9.12. The van der Waals surface area contributed by atoms with Crippen LogP contribution in [0.25, 0.3) is 0 Å². The molecule has 1 aromatic heterocycles. The zero-order valence-electron chi connectivity index (χ0n) is 9.12. The van der Waals surface area contributed by atoms with Crippen LogP contribution in [-0.2, 0) is 7.05 Å². The molecule has 0 aliphatic rings. The van der Waals surface area contributed by atoms with Crippen molar-refractivity contribution in [1.82, 2.24) is 9.55 Å². The summed E-state index contributed by atoms with van der Waals surface area (Å²) in [6, 6.07) is 9.27. The summed E-state index contributed by atoms with van der Waals surface area (Å²) < 4.78 is 1.34. The number of aryl methyl sites for hydroxylation is 1. The van der Waals surface area contributed by atoms with Crippen LogP contribution in [0.2, 0.25) is 0 Å². The number of rotatable bonds is 1. The van der Waals surface area contributed by atoms with E-state index in [1.807, 2.05) is 30.3 Å². The van der Waals surface area contributed by atoms with Gasteiger partial charge in [-0.1, -0.05) is 24.1 Å². The van der Waals surface area contributed by atoms with E-state index in [0.717, 1.165) is 5.56 Å². The third-order valence-electron chi connectivity index (χ3n) is 2.18. The first-order valence-electron chi connectivity index (χ1n) is 4.91. The zero-order chi connectivity index (χ0) is 12.3. The third kappa shape index (κ3) is 2.32. The summed E-state index contributed by atoms with van der Waals surface area (Å²) in [6.45, 7) is 0. The van der Waals surface area contributed by atoms with Gasteiger partial charge in [0.1, 0.15) is 0 Å². The Morgan fingerprint density at radius 3 is 2.65 bits per heavy atom. The molecule has 2 aromatic rings. The second kappa shape index (κ2) is 4.49. The first-order valence-corrected chi connectivity index (χ1v) is 4.91. The lowest BCUT2D eigenvalue weighted by Crippen LogP contribution is -1.97. The quantitative estimate of drug-likeness (QED) is 0.423. The van der Waals surface area contributed by atoms with Gasteiger partial charge >= 0.3 is 5.82 Å². The fraction of sp³-hybridized carbons (Fsp3) is 0.0833. The molecule has 5 heteroatoms. The lowest BCUT2D eigenvalue weighted by molar-refractivity contribution is -0.392. The molecular formula is C12H9N3O2. The molecule has 0 unspecified atom stereocenters. The summed E-state index contributed by atoms with van der Waals surface area (Å²) in [6.07, 6.45) is 1.38. The highest BCUT2D eigenvalue weighted by Crippen LogP contribution is 2.14. The first-order chi connectivity index (χ1) is 8.18. The van der Waals surface area contributed by atoms with Crippen molar-refractivity contribution in [2.24, 2.45) is 7.05 Å². The number of hydrogen-bond donors (Lipinski definition) is 0. The van der Waals surface area contributed by atoms with Crippen LogP contribution >= 0.6 is 0 Å². The van der Waals surface area contributed by atoms with Crippen LogP contribution in [-0.4, -0.2) is 14.5 Å². The van der Waals surface area contributed by atoms with Gasteiger partial charge in [0, 0.05) is 5.56 Å². The van der Waals surface area contributed by atoms with E-state index in [4.69, 9.17) is 0 Å². The average Bonchev–Trinajstić information content (AvgIpc) is 2.69. The van der Waals surface area contributed by atoms with Crippen molar-refractivity contribution in [3.63, 3.8) is 0 Å². The van der Waals surface area contributed by atoms with Crippen molar-refractivity contribution in [2.75, 3.05) is 0 Å². The average molecular weight is 227 g/mol. The molecule has 1 heterocycles. The molecular weight excluding hydrogens is 218 g/mol. The van der Waals surface area contributed by atoms with Gasteiger partial charge in [-0.15, -0.1) is 0 Å². The predicted molar refractivity (Wildman–Crippen MR) is 62.3 cm³/mol. The summed E-state index contributed by atoms with van der Waals surface area (Å²) in [7, 11) is 1.57. The lowest BCUT2D eigenvalue weighted by atomic mass is 10.2. The van der Waals surface area contributed by atoms with Crippen molar-refractivity contribution < 1.29 is 4.92 Å². The molecule has 0 N–H and O–H groups in total. The van der Waals surface area contributed by atoms with Crippen molar-refractivity contribution in [3.05, 3.63) is 58.0 Å². The van der Waals surface area contributed by atoms with E-state index in [0.29, 0.717) is 0 Å². The molecule has 0 atom stereocenters. The Labute approximate surface area is 97.9 Å². The summed E-state index contributed by atoms with van der Waals surface area (Å²) in [5.74, 6) is 5.46. The van der Waals surface area contributed by atoms with Crippen LogP contribution in [0.4, 0.5) is 5.82 Å². The minimum absolute atomic E-state index is 0.0894. The van der Waals surface area contributed by atoms with E-state index < -0.39 is 4.92 Å². The van der Waals surface area contributed by atoms with Gasteiger partial charge in [-0.25, -0.2) is 4.57 Å². The number of aromatic nitrogens is 2. The number of nitro groups is 1. The maximum atomic E-state index is 10.8. The van der Waals surface area contributed by atoms with E-state index >= 15 is 0 Å². The van der Waals surface area contributed by atoms with Crippen molar-refractivity contribution in [1.29, 1.82) is 0 Å². The van der Waals surface area contributed by atoms with Gasteiger partial charge in [-0.3, -0.25) is 0 Å². The summed E-state index contributed by atoms with van der Waals surface area (Å²) in [4.78, 5) is 14.2. The summed E-state index contributed by atoms with van der Waals surface area (Å²) >= 11 is 0. The normalized spacial score (nSPS) is 9.47. The Bertz CT molecular complexity index is 606. The maximum Gasteiger partial charge on any atom is 0.358 e. The molecule has 0 spiro atoms. The molecule has 0 saturated heterocycles. The van der Waals surface area contributed by atoms with Crippen LogP contribution in [0.3, 0.4) is 0 Å². The van der Waals surface area contributed by atoms with Crippen molar-refractivity contribution >= 4 is 5.82 Å². The van der Waals surface area contributed by atoms with Crippen LogP contribution in [0, 0.1) is 22.0 Å². The first kappa shape index (κ1) is 10.9. The van der Waals surface area contributed by atoms with E-state index in [9.17, 15) is 10.1 Å². The molecule has 0 aliphatic carbocycles. The van der Waals surface area contributed by atoms with Gasteiger partial charge < -0.3 is 10.1 Å². The predicted octanol–water partition coefficient (Wildman–Crippen LogP) is 1.73. The minimum atomic E-state index is -0.484. The topological polar surface area (TPSA) is 61.0 Å². The van der Waals surface area contributed by atoms with E-state index in [1.54, 1.807) is 7.05 Å². The molecule has 0 amide bonds. The fourth-order valence-corrected chi connectivity index (χ4v) is 1.38. The van der Waals surface area contributed by atoms with Gasteiger partial charge in [-0.05, 0) is 23.0 Å². The molecule has 5 nitrogen and oxygen atoms in total. The van der Waals surface area contributed by atoms with Crippen LogP contribution in [0.1, 0.15) is 11.3 Å². The third-order valence-corrected chi connectivity index (χ3v) is 2.18. The molecule has 0 aliphatic heterocycles. The SMILES string of the molecule is Cn1cnc(C#Cc2ccccc2)c1[N+](=O)[O-]. The van der Waals surface area contributed by atoms with Crippen LogP contribution < -0.4 is 0 Å². The standard InChI is InChI=1S/C12H9N3O2/c1-14-9-13-11(12(14)15(16)17)8-7-10-5-3-2-4-6-10/h2-6,9H,1H3. The number of benzene rings is 1. The summed E-state index contributed by atoms with van der Waals surface area (Å²) in [5, 5.41) is 10.8. The highest BCUT2D eigenvalue weighted by Gasteiger charge is 2.16. The monoisotopic (exact) mass is 227 g/mol. The molecule has 17 heavy (non-hydrogen) atoms. The molecule has 0 saturated carbocycles. The number of nitrogens with zero attached hydrogens (tertiary/aromatic N) is 3. The van der Waals surface area contributed by atoms with Gasteiger partial charge in [0.25, 0.3) is 0 Å². The Morgan fingerprint density at radius 1 is 1.29 bits per heavy atom. The fourth-order valence-electron chi connectivity index (χ4n) is 1.38. The second-order valence-electron chi connectivity index (χ2n) is 3.40. The minimum Gasteiger partial charge on any atom is -0.358 e. The van der Waals surface area contributed by atoms with Gasteiger partial charge in [0.15, 0.2) is 6.33 Å². The Balaban J connectivity index is 2.38. The van der Waals surface area contributed by atoms with Crippen molar-refractivity contribution in [2.45, 2.75) is 0 Å². The Morgan fingerprint density at radius 2 is 2.00 bits per heavy atom. The Hall–Kier alpha value is -2.61. The largest absolute Gasteiger partial charge is 0.358 e. The molecule has 0 fully saturated rings. The van der Waals surface area contributed by atoms with Crippen LogP contribution in [0.5, 0.6) is 0 Å². The number of hydrogen-bond acceptors (Lipinski definition) is 3. The molecule has 1 aromatic carbocycles. The molecule has 84 valence electrons. The molecule has 0 radical (unpaired) electrons. The molecule has 0 bridgehead atoms. The smallest absolute Gasteiger partial charge is 0.358 e. The van der Waals surface area contributed by atoms with Gasteiger partial charge in [-0.2, -0.15) is 4.98 Å². The van der Waals surface area contributed by atoms with Gasteiger partial charge in [0.2, 0.25) is 5.69 Å². The van der Waals surface area contributed by atoms with Crippen LogP contribution in [0.15, 0.2) is 36.7 Å². The maximum absolute atomic E-state index is 10.8. The summed E-state index contributed by atoms with van der Waals surface area (Å²) in [5.41, 5.74) is 0.980. The Kier molecular flexibility index (Phi) is 2.88. The molecule has 2 rings (SSSR count). The number of imidazole rings is 1. The van der Waals surface area contributed by atoms with E-state index in [-0.39, 0.29) is 11.5 Å². The van der Waals surface area contributed by atoms with Crippen molar-refractivity contribution in [3.8, 4) is 11.8 Å². The lowest BCUT2D eigenvalue weighted by Gasteiger charge is -1.93. The highest BCUT2D eigenvalue weighted by molar-refractivity contribution is 5.46. The van der Waals surface area contributed by atoms with Gasteiger partial charge in [0.05, 0.1) is 7.05 Å². The second-order valence-corrected chi connectivity index (χ2v) is 3.40. The van der Waals surface area contributed by atoms with E-state index in [1.165, 1.54) is 10.9 Å².